The van der Waals surface area contributed by atoms with Crippen molar-refractivity contribution < 1.29 is 4.39 Å². The summed E-state index contributed by atoms with van der Waals surface area (Å²) in [4.78, 5) is 2.21. The Labute approximate surface area is 133 Å². The van der Waals surface area contributed by atoms with Gasteiger partial charge in [0.2, 0.25) is 0 Å². The normalized spacial score (nSPS) is 16.0. The second-order valence-corrected chi connectivity index (χ2v) is 6.24. The maximum Gasteiger partial charge on any atom is 0.134 e. The summed E-state index contributed by atoms with van der Waals surface area (Å²) in [6, 6.07) is 3.69. The molecular weight excluding hydrogens is 277 g/mol. The molecule has 1 aliphatic rings. The summed E-state index contributed by atoms with van der Waals surface area (Å²) in [6.07, 6.45) is 7.55. The molecule has 1 aliphatic heterocycles. The summed E-state index contributed by atoms with van der Waals surface area (Å²) in [5, 5.41) is 7.51. The number of hydrogen-bond donors (Lipinski definition) is 2. The zero-order valence-electron chi connectivity index (χ0n) is 13.6. The molecule has 0 radical (unpaired) electrons. The van der Waals surface area contributed by atoms with E-state index >= 15 is 0 Å². The van der Waals surface area contributed by atoms with E-state index in [2.05, 4.69) is 17.9 Å². The molecule has 22 heavy (non-hydrogen) atoms. The molecule has 1 aromatic carbocycles. The fraction of sp³-hybridized carbons (Fsp3) is 0.611. The van der Waals surface area contributed by atoms with E-state index in [4.69, 9.17) is 11.1 Å². The summed E-state index contributed by atoms with van der Waals surface area (Å²) >= 11 is 0. The lowest BCUT2D eigenvalue weighted by Crippen LogP contribution is -2.20. The monoisotopic (exact) mass is 305 g/mol. The molecule has 0 amide bonds. The van der Waals surface area contributed by atoms with Gasteiger partial charge in [-0.1, -0.05) is 13.3 Å². The molecule has 0 aliphatic carbocycles. The molecule has 3 N–H and O–H groups in total. The van der Waals surface area contributed by atoms with Crippen LogP contribution in [0.15, 0.2) is 12.1 Å². The van der Waals surface area contributed by atoms with Crippen molar-refractivity contribution in [3.8, 4) is 0 Å². The first kappa shape index (κ1) is 16.9. The Morgan fingerprint density at radius 1 is 1.32 bits per heavy atom. The highest BCUT2D eigenvalue weighted by atomic mass is 19.1. The average Bonchev–Trinajstić information content (AvgIpc) is 3.05. The Bertz CT molecular complexity index is 495. The Hall–Kier alpha value is -1.42. The van der Waals surface area contributed by atoms with Gasteiger partial charge < -0.3 is 16.0 Å². The van der Waals surface area contributed by atoms with E-state index in [0.29, 0.717) is 11.5 Å². The van der Waals surface area contributed by atoms with Gasteiger partial charge in [-0.15, -0.1) is 0 Å². The molecule has 1 atom stereocenters. The van der Waals surface area contributed by atoms with Crippen molar-refractivity contribution in [3.63, 3.8) is 0 Å². The van der Waals surface area contributed by atoms with Crippen LogP contribution in [-0.2, 0) is 6.42 Å². The second kappa shape index (κ2) is 8.28. The van der Waals surface area contributed by atoms with E-state index in [1.165, 1.54) is 0 Å². The van der Waals surface area contributed by atoms with Gasteiger partial charge in [-0.3, -0.25) is 0 Å². The van der Waals surface area contributed by atoms with Crippen LogP contribution >= 0.6 is 0 Å². The second-order valence-electron chi connectivity index (χ2n) is 6.24. The van der Waals surface area contributed by atoms with Gasteiger partial charge in [-0.05, 0) is 62.3 Å². The third kappa shape index (κ3) is 4.07. The number of anilines is 1. The fourth-order valence-electron chi connectivity index (χ4n) is 3.32. The van der Waals surface area contributed by atoms with Crippen molar-refractivity contribution in [2.75, 3.05) is 24.5 Å². The average molecular weight is 305 g/mol. The lowest BCUT2D eigenvalue weighted by Gasteiger charge is -2.22. The SMILES string of the molecule is CCC(CCN)CCc1cc(F)c(C=N)c(N2CCCC2)c1. The summed E-state index contributed by atoms with van der Waals surface area (Å²) in [5.74, 6) is 0.354. The first-order valence-corrected chi connectivity index (χ1v) is 8.47. The molecular formula is C18H28FN3. The molecule has 1 heterocycles. The molecule has 2 rings (SSSR count). The molecule has 0 saturated carbocycles. The van der Waals surface area contributed by atoms with Gasteiger partial charge >= 0.3 is 0 Å². The third-order valence-corrected chi connectivity index (χ3v) is 4.75. The molecule has 1 fully saturated rings. The predicted molar refractivity (Wildman–Crippen MR) is 91.5 cm³/mol. The van der Waals surface area contributed by atoms with Crippen LogP contribution in [-0.4, -0.2) is 25.8 Å². The van der Waals surface area contributed by atoms with Gasteiger partial charge in [0.15, 0.2) is 0 Å². The highest BCUT2D eigenvalue weighted by Crippen LogP contribution is 2.28. The Morgan fingerprint density at radius 3 is 2.64 bits per heavy atom. The van der Waals surface area contributed by atoms with Crippen molar-refractivity contribution in [2.45, 2.75) is 45.4 Å². The lowest BCUT2D eigenvalue weighted by atomic mass is 9.93. The van der Waals surface area contributed by atoms with Crippen molar-refractivity contribution >= 4 is 11.9 Å². The minimum atomic E-state index is -0.263. The van der Waals surface area contributed by atoms with Crippen LogP contribution in [0.5, 0.6) is 0 Å². The molecule has 0 bridgehead atoms. The highest BCUT2D eigenvalue weighted by molar-refractivity contribution is 5.87. The van der Waals surface area contributed by atoms with E-state index in [1.807, 2.05) is 0 Å². The van der Waals surface area contributed by atoms with Crippen LogP contribution in [0.25, 0.3) is 0 Å². The maximum atomic E-state index is 14.3. The van der Waals surface area contributed by atoms with Crippen LogP contribution in [0.3, 0.4) is 0 Å². The Morgan fingerprint density at radius 2 is 2.05 bits per heavy atom. The first-order chi connectivity index (χ1) is 10.7. The standard InChI is InChI=1S/C18H28FN3/c1-2-14(7-8-20)5-6-15-11-17(19)16(13-21)18(12-15)22-9-3-4-10-22/h11-14,21H,2-10,20H2,1H3. The summed E-state index contributed by atoms with van der Waals surface area (Å²) in [5.41, 5.74) is 8.02. The largest absolute Gasteiger partial charge is 0.371 e. The minimum Gasteiger partial charge on any atom is -0.371 e. The quantitative estimate of drug-likeness (QED) is 0.719. The smallest absolute Gasteiger partial charge is 0.134 e. The molecule has 0 aromatic heterocycles. The topological polar surface area (TPSA) is 53.1 Å². The number of nitrogens with zero attached hydrogens (tertiary/aromatic N) is 1. The first-order valence-electron chi connectivity index (χ1n) is 8.47. The number of nitrogens with one attached hydrogen (secondary N) is 1. The van der Waals surface area contributed by atoms with Crippen molar-refractivity contribution in [3.05, 3.63) is 29.1 Å². The fourth-order valence-corrected chi connectivity index (χ4v) is 3.32. The number of hydrogen-bond acceptors (Lipinski definition) is 3. The van der Waals surface area contributed by atoms with E-state index in [-0.39, 0.29) is 5.82 Å². The third-order valence-electron chi connectivity index (χ3n) is 4.75. The Kier molecular flexibility index (Phi) is 6.37. The maximum absolute atomic E-state index is 14.3. The van der Waals surface area contributed by atoms with Crippen LogP contribution in [0.2, 0.25) is 0 Å². The number of aryl methyl sites for hydroxylation is 1. The van der Waals surface area contributed by atoms with Gasteiger partial charge in [0.05, 0.1) is 5.56 Å². The predicted octanol–water partition coefficient (Wildman–Crippen LogP) is 3.73. The zero-order chi connectivity index (χ0) is 15.9. The van der Waals surface area contributed by atoms with Crippen LogP contribution < -0.4 is 10.6 Å². The van der Waals surface area contributed by atoms with Gasteiger partial charge in [0.1, 0.15) is 5.82 Å². The van der Waals surface area contributed by atoms with Crippen LogP contribution in [0.4, 0.5) is 10.1 Å². The minimum absolute atomic E-state index is 0.263. The van der Waals surface area contributed by atoms with Gasteiger partial charge in [-0.25, -0.2) is 4.39 Å². The zero-order valence-corrected chi connectivity index (χ0v) is 13.6. The molecule has 1 aromatic rings. The van der Waals surface area contributed by atoms with E-state index in [1.54, 1.807) is 6.07 Å². The lowest BCUT2D eigenvalue weighted by molar-refractivity contribution is 0.443. The highest BCUT2D eigenvalue weighted by Gasteiger charge is 2.18. The summed E-state index contributed by atoms with van der Waals surface area (Å²) < 4.78 is 14.3. The number of halogens is 1. The van der Waals surface area contributed by atoms with Crippen LogP contribution in [0, 0.1) is 17.1 Å². The summed E-state index contributed by atoms with van der Waals surface area (Å²) in [7, 11) is 0. The molecule has 1 saturated heterocycles. The van der Waals surface area contributed by atoms with E-state index in [0.717, 1.165) is 75.6 Å². The molecule has 1 unspecified atom stereocenters. The molecule has 4 heteroatoms. The van der Waals surface area contributed by atoms with E-state index in [9.17, 15) is 4.39 Å². The van der Waals surface area contributed by atoms with Crippen molar-refractivity contribution in [1.82, 2.24) is 0 Å². The Balaban J connectivity index is 2.16. The summed E-state index contributed by atoms with van der Waals surface area (Å²) in [6.45, 7) is 4.84. The van der Waals surface area contributed by atoms with Crippen LogP contribution in [0.1, 0.15) is 50.2 Å². The van der Waals surface area contributed by atoms with Crippen molar-refractivity contribution in [2.24, 2.45) is 11.7 Å². The number of rotatable bonds is 8. The van der Waals surface area contributed by atoms with Gasteiger partial charge in [0, 0.05) is 25.0 Å². The molecule has 122 valence electrons. The van der Waals surface area contributed by atoms with E-state index < -0.39 is 0 Å². The van der Waals surface area contributed by atoms with Gasteiger partial charge in [0.25, 0.3) is 0 Å². The molecule has 0 spiro atoms. The van der Waals surface area contributed by atoms with Gasteiger partial charge in [-0.2, -0.15) is 0 Å². The number of nitrogens with two attached hydrogens (primary N) is 1. The van der Waals surface area contributed by atoms with Crippen molar-refractivity contribution in [1.29, 1.82) is 5.41 Å². The molecule has 3 nitrogen and oxygen atoms in total. The number of benzene rings is 1.